The number of hydrogen-bond acceptors (Lipinski definition) is 3. The highest BCUT2D eigenvalue weighted by molar-refractivity contribution is 6.03. The van der Waals surface area contributed by atoms with Crippen LogP contribution in [0.5, 0.6) is 5.75 Å². The average Bonchev–Trinajstić information content (AvgIpc) is 2.51. The monoisotopic (exact) mass is 312 g/mol. The van der Waals surface area contributed by atoms with Crippen LogP contribution in [-0.4, -0.2) is 17.9 Å². The summed E-state index contributed by atoms with van der Waals surface area (Å²) in [5.74, 6) is -0.278. The minimum absolute atomic E-state index is 0.264. The lowest BCUT2D eigenvalue weighted by Gasteiger charge is -2.17. The molecule has 0 saturated carbocycles. The quantitative estimate of drug-likeness (QED) is 0.890. The van der Waals surface area contributed by atoms with Crippen molar-refractivity contribution in [3.63, 3.8) is 0 Å². The van der Waals surface area contributed by atoms with E-state index in [-0.39, 0.29) is 11.5 Å². The Bertz CT molecular complexity index is 741. The number of hydrogen-bond donors (Lipinski definition) is 2. The highest BCUT2D eigenvalue weighted by atomic mass is 16.5. The van der Waals surface area contributed by atoms with Crippen molar-refractivity contribution in [1.29, 1.82) is 0 Å². The molecular weight excluding hydrogens is 292 g/mol. The first-order chi connectivity index (χ1) is 10.9. The second-order valence-electron chi connectivity index (χ2n) is 5.43. The Morgan fingerprint density at radius 3 is 2.52 bits per heavy atom. The zero-order valence-corrected chi connectivity index (χ0v) is 13.4. The van der Waals surface area contributed by atoms with Crippen LogP contribution in [0.3, 0.4) is 0 Å². The molecule has 2 aromatic rings. The molecule has 0 aliphatic rings. The maximum absolute atomic E-state index is 12.3. The SMILES string of the molecule is Cc1ccc(C)c(O[C@@H](C)C(=O)Nc2ccccc2C(N)=O)c1. The van der Waals surface area contributed by atoms with Gasteiger partial charge in [-0.15, -0.1) is 0 Å². The molecule has 1 atom stereocenters. The number of rotatable bonds is 5. The summed E-state index contributed by atoms with van der Waals surface area (Å²) >= 11 is 0. The van der Waals surface area contributed by atoms with E-state index in [2.05, 4.69) is 5.32 Å². The standard InChI is InChI=1S/C18H20N2O3/c1-11-8-9-12(2)16(10-11)23-13(3)18(22)20-15-7-5-4-6-14(15)17(19)21/h4-10,13H,1-3H3,(H2,19,21)(H,20,22)/t13-/m0/s1. The van der Waals surface area contributed by atoms with Crippen LogP contribution in [-0.2, 0) is 4.79 Å². The summed E-state index contributed by atoms with van der Waals surface area (Å²) in [6.45, 7) is 5.53. The number of anilines is 1. The number of aryl methyl sites for hydroxylation is 2. The molecule has 0 radical (unpaired) electrons. The van der Waals surface area contributed by atoms with Crippen molar-refractivity contribution in [2.24, 2.45) is 5.73 Å². The van der Waals surface area contributed by atoms with Crippen LogP contribution in [0.2, 0.25) is 0 Å². The summed E-state index contributed by atoms with van der Waals surface area (Å²) in [5, 5.41) is 2.68. The van der Waals surface area contributed by atoms with E-state index in [1.165, 1.54) is 0 Å². The van der Waals surface area contributed by atoms with Crippen LogP contribution in [0.4, 0.5) is 5.69 Å². The van der Waals surface area contributed by atoms with Gasteiger partial charge >= 0.3 is 0 Å². The summed E-state index contributed by atoms with van der Waals surface area (Å²) in [7, 11) is 0. The van der Waals surface area contributed by atoms with Crippen molar-refractivity contribution < 1.29 is 14.3 Å². The number of amides is 2. The van der Waals surface area contributed by atoms with Gasteiger partial charge in [0.25, 0.3) is 11.8 Å². The summed E-state index contributed by atoms with van der Waals surface area (Å²) in [5.41, 5.74) is 7.95. The molecule has 2 rings (SSSR count). The van der Waals surface area contributed by atoms with E-state index in [1.54, 1.807) is 31.2 Å². The maximum Gasteiger partial charge on any atom is 0.265 e. The molecule has 5 heteroatoms. The Morgan fingerprint density at radius 2 is 1.83 bits per heavy atom. The number of carbonyl (C=O) groups excluding carboxylic acids is 2. The molecular formula is C18H20N2O3. The highest BCUT2D eigenvalue weighted by Gasteiger charge is 2.18. The van der Waals surface area contributed by atoms with Gasteiger partial charge in [0.1, 0.15) is 5.75 Å². The molecule has 23 heavy (non-hydrogen) atoms. The van der Waals surface area contributed by atoms with Crippen molar-refractivity contribution in [2.45, 2.75) is 26.9 Å². The predicted molar refractivity (Wildman–Crippen MR) is 89.6 cm³/mol. The van der Waals surface area contributed by atoms with E-state index in [9.17, 15) is 9.59 Å². The zero-order valence-electron chi connectivity index (χ0n) is 13.4. The number of nitrogens with two attached hydrogens (primary N) is 1. The number of para-hydroxylation sites is 1. The second-order valence-corrected chi connectivity index (χ2v) is 5.43. The summed E-state index contributed by atoms with van der Waals surface area (Å²) in [6, 6.07) is 12.4. The summed E-state index contributed by atoms with van der Waals surface area (Å²) < 4.78 is 5.73. The van der Waals surface area contributed by atoms with Crippen LogP contribution >= 0.6 is 0 Å². The van der Waals surface area contributed by atoms with Gasteiger partial charge in [-0.2, -0.15) is 0 Å². The number of carbonyl (C=O) groups is 2. The predicted octanol–water partition coefficient (Wildman–Crippen LogP) is 2.81. The smallest absolute Gasteiger partial charge is 0.265 e. The Hall–Kier alpha value is -2.82. The topological polar surface area (TPSA) is 81.4 Å². The lowest BCUT2D eigenvalue weighted by molar-refractivity contribution is -0.122. The van der Waals surface area contributed by atoms with Crippen LogP contribution < -0.4 is 15.8 Å². The number of nitrogens with one attached hydrogen (secondary N) is 1. The highest BCUT2D eigenvalue weighted by Crippen LogP contribution is 2.21. The summed E-state index contributed by atoms with van der Waals surface area (Å²) in [6.07, 6.45) is -0.712. The van der Waals surface area contributed by atoms with Crippen molar-refractivity contribution in [2.75, 3.05) is 5.32 Å². The fraction of sp³-hybridized carbons (Fsp3) is 0.222. The van der Waals surface area contributed by atoms with Gasteiger partial charge in [-0.05, 0) is 50.1 Å². The first kappa shape index (κ1) is 16.5. The van der Waals surface area contributed by atoms with Crippen LogP contribution in [0.1, 0.15) is 28.4 Å². The van der Waals surface area contributed by atoms with Gasteiger partial charge in [-0.25, -0.2) is 0 Å². The second kappa shape index (κ2) is 6.96. The Kier molecular flexibility index (Phi) is 5.01. The van der Waals surface area contributed by atoms with Gasteiger partial charge in [-0.1, -0.05) is 24.3 Å². The fourth-order valence-electron chi connectivity index (χ4n) is 2.12. The van der Waals surface area contributed by atoms with Gasteiger partial charge in [0.05, 0.1) is 11.3 Å². The minimum atomic E-state index is -0.712. The average molecular weight is 312 g/mol. The minimum Gasteiger partial charge on any atom is -0.481 e. The molecule has 0 aliphatic carbocycles. The van der Waals surface area contributed by atoms with Crippen molar-refractivity contribution in [3.05, 3.63) is 59.2 Å². The Morgan fingerprint density at radius 1 is 1.13 bits per heavy atom. The van der Waals surface area contributed by atoms with Gasteiger partial charge in [-0.3, -0.25) is 9.59 Å². The lowest BCUT2D eigenvalue weighted by atomic mass is 10.1. The van der Waals surface area contributed by atoms with Crippen molar-refractivity contribution >= 4 is 17.5 Å². The van der Waals surface area contributed by atoms with E-state index < -0.39 is 12.0 Å². The van der Waals surface area contributed by atoms with E-state index in [4.69, 9.17) is 10.5 Å². The molecule has 3 N–H and O–H groups in total. The molecule has 0 spiro atoms. The number of benzene rings is 2. The molecule has 0 bridgehead atoms. The van der Waals surface area contributed by atoms with Gasteiger partial charge in [0.15, 0.2) is 6.10 Å². The van der Waals surface area contributed by atoms with E-state index >= 15 is 0 Å². The molecule has 0 aromatic heterocycles. The molecule has 0 fully saturated rings. The number of primary amides is 1. The Balaban J connectivity index is 2.12. The maximum atomic E-state index is 12.3. The van der Waals surface area contributed by atoms with Gasteiger partial charge in [0.2, 0.25) is 0 Å². The first-order valence-corrected chi connectivity index (χ1v) is 7.32. The third kappa shape index (κ3) is 4.10. The van der Waals surface area contributed by atoms with Crippen molar-refractivity contribution in [1.82, 2.24) is 0 Å². The molecule has 5 nitrogen and oxygen atoms in total. The van der Waals surface area contributed by atoms with Crippen LogP contribution in [0, 0.1) is 13.8 Å². The molecule has 0 unspecified atom stereocenters. The van der Waals surface area contributed by atoms with E-state index in [0.717, 1.165) is 11.1 Å². The lowest BCUT2D eigenvalue weighted by Crippen LogP contribution is -2.31. The third-order valence-electron chi connectivity index (χ3n) is 3.47. The van der Waals surface area contributed by atoms with Crippen LogP contribution in [0.25, 0.3) is 0 Å². The number of ether oxygens (including phenoxy) is 1. The third-order valence-corrected chi connectivity index (χ3v) is 3.47. The molecule has 0 saturated heterocycles. The van der Waals surface area contributed by atoms with Gasteiger partial charge < -0.3 is 15.8 Å². The first-order valence-electron chi connectivity index (χ1n) is 7.32. The van der Waals surface area contributed by atoms with E-state index in [1.807, 2.05) is 32.0 Å². The fourth-order valence-corrected chi connectivity index (χ4v) is 2.12. The largest absolute Gasteiger partial charge is 0.481 e. The molecule has 120 valence electrons. The Labute approximate surface area is 135 Å². The normalized spacial score (nSPS) is 11.6. The molecule has 0 aliphatic heterocycles. The molecule has 0 heterocycles. The molecule has 2 amide bonds. The van der Waals surface area contributed by atoms with Gasteiger partial charge in [0, 0.05) is 0 Å². The van der Waals surface area contributed by atoms with E-state index in [0.29, 0.717) is 11.4 Å². The zero-order chi connectivity index (χ0) is 17.0. The molecule has 2 aromatic carbocycles. The van der Waals surface area contributed by atoms with Crippen LogP contribution in [0.15, 0.2) is 42.5 Å². The van der Waals surface area contributed by atoms with Crippen molar-refractivity contribution in [3.8, 4) is 5.75 Å². The summed E-state index contributed by atoms with van der Waals surface area (Å²) in [4.78, 5) is 23.7.